The summed E-state index contributed by atoms with van der Waals surface area (Å²) in [5, 5.41) is -0.128. The van der Waals surface area contributed by atoms with Crippen molar-refractivity contribution in [2.45, 2.75) is 56.2 Å². The second kappa shape index (κ2) is 5.23. The van der Waals surface area contributed by atoms with Gasteiger partial charge in [0.25, 0.3) is 0 Å². The Kier molecular flexibility index (Phi) is 4.14. The van der Waals surface area contributed by atoms with Crippen LogP contribution in [-0.4, -0.2) is 36.4 Å². The zero-order valence-corrected chi connectivity index (χ0v) is 11.1. The second-order valence-corrected chi connectivity index (χ2v) is 7.34. The van der Waals surface area contributed by atoms with Gasteiger partial charge in [-0.05, 0) is 25.7 Å². The van der Waals surface area contributed by atoms with E-state index in [0.717, 1.165) is 44.9 Å². The van der Waals surface area contributed by atoms with E-state index < -0.39 is 10.0 Å². The number of sulfonamides is 1. The summed E-state index contributed by atoms with van der Waals surface area (Å²) in [6.45, 7) is 0.677. The van der Waals surface area contributed by atoms with Crippen molar-refractivity contribution in [3.8, 4) is 0 Å². The summed E-state index contributed by atoms with van der Waals surface area (Å²) >= 11 is 5.88. The summed E-state index contributed by atoms with van der Waals surface area (Å²) < 4.78 is 26.5. The third-order valence-electron chi connectivity index (χ3n) is 3.80. The predicted octanol–water partition coefficient (Wildman–Crippen LogP) is 2.35. The van der Waals surface area contributed by atoms with Gasteiger partial charge in [-0.15, -0.1) is 11.6 Å². The van der Waals surface area contributed by atoms with Gasteiger partial charge in [0.15, 0.2) is 0 Å². The van der Waals surface area contributed by atoms with Crippen LogP contribution in [0.2, 0.25) is 0 Å². The highest BCUT2D eigenvalue weighted by Gasteiger charge is 2.38. The maximum atomic E-state index is 12.4. The molecule has 1 unspecified atom stereocenters. The fourth-order valence-electron chi connectivity index (χ4n) is 2.84. The van der Waals surface area contributed by atoms with Crippen molar-refractivity contribution in [1.29, 1.82) is 0 Å². The Labute approximate surface area is 103 Å². The van der Waals surface area contributed by atoms with Crippen molar-refractivity contribution in [1.82, 2.24) is 4.31 Å². The van der Waals surface area contributed by atoms with Crippen LogP contribution in [0.5, 0.6) is 0 Å². The SMILES string of the molecule is O=S(=O)(C1CCCC1)N1CCCCC1CCl. The molecule has 0 aromatic carbocycles. The molecule has 2 aliphatic rings. The summed E-state index contributed by atoms with van der Waals surface area (Å²) in [6.07, 6.45) is 6.82. The first-order chi connectivity index (χ1) is 7.66. The molecule has 0 amide bonds. The first kappa shape index (κ1) is 12.7. The Morgan fingerprint density at radius 3 is 2.31 bits per heavy atom. The summed E-state index contributed by atoms with van der Waals surface area (Å²) in [5.74, 6) is 0.436. The van der Waals surface area contributed by atoms with Crippen molar-refractivity contribution in [2.75, 3.05) is 12.4 Å². The lowest BCUT2D eigenvalue weighted by Crippen LogP contribution is -2.48. The van der Waals surface area contributed by atoms with Crippen LogP contribution in [0.4, 0.5) is 0 Å². The number of hydrogen-bond donors (Lipinski definition) is 0. The van der Waals surface area contributed by atoms with E-state index in [9.17, 15) is 8.42 Å². The van der Waals surface area contributed by atoms with Gasteiger partial charge in [-0.25, -0.2) is 8.42 Å². The predicted molar refractivity (Wildman–Crippen MR) is 66.2 cm³/mol. The molecule has 1 saturated heterocycles. The molecule has 0 radical (unpaired) electrons. The zero-order valence-electron chi connectivity index (χ0n) is 9.57. The molecule has 2 fully saturated rings. The van der Waals surface area contributed by atoms with Gasteiger partial charge in [0.2, 0.25) is 10.0 Å². The Morgan fingerprint density at radius 1 is 1.06 bits per heavy atom. The van der Waals surface area contributed by atoms with Crippen LogP contribution in [-0.2, 0) is 10.0 Å². The van der Waals surface area contributed by atoms with Gasteiger partial charge in [0.1, 0.15) is 0 Å². The number of nitrogens with zero attached hydrogens (tertiary/aromatic N) is 1. The molecule has 0 bridgehead atoms. The van der Waals surface area contributed by atoms with Crippen molar-refractivity contribution < 1.29 is 8.42 Å². The summed E-state index contributed by atoms with van der Waals surface area (Å²) in [7, 11) is -3.07. The number of piperidine rings is 1. The molecule has 0 aromatic rings. The molecular weight excluding hydrogens is 246 g/mol. The van der Waals surface area contributed by atoms with Crippen molar-refractivity contribution in [3.63, 3.8) is 0 Å². The van der Waals surface area contributed by atoms with E-state index >= 15 is 0 Å². The standard InChI is InChI=1S/C11H20ClNO2S/c12-9-10-5-3-4-8-13(10)16(14,15)11-6-1-2-7-11/h10-11H,1-9H2. The molecule has 1 saturated carbocycles. The van der Waals surface area contributed by atoms with E-state index in [-0.39, 0.29) is 11.3 Å². The molecule has 2 rings (SSSR count). The first-order valence-electron chi connectivity index (χ1n) is 6.23. The monoisotopic (exact) mass is 265 g/mol. The number of rotatable bonds is 3. The van der Waals surface area contributed by atoms with Gasteiger partial charge < -0.3 is 0 Å². The Morgan fingerprint density at radius 2 is 1.69 bits per heavy atom. The Bertz CT molecular complexity index is 325. The summed E-state index contributed by atoms with van der Waals surface area (Å²) in [4.78, 5) is 0. The number of hydrogen-bond acceptors (Lipinski definition) is 2. The van der Waals surface area contributed by atoms with E-state index in [1.807, 2.05) is 0 Å². The molecule has 0 aromatic heterocycles. The highest BCUT2D eigenvalue weighted by atomic mass is 35.5. The van der Waals surface area contributed by atoms with Crippen LogP contribution >= 0.6 is 11.6 Å². The van der Waals surface area contributed by atoms with Gasteiger partial charge >= 0.3 is 0 Å². The number of halogens is 1. The van der Waals surface area contributed by atoms with Gasteiger partial charge in [-0.3, -0.25) is 0 Å². The van der Waals surface area contributed by atoms with Crippen LogP contribution in [0.15, 0.2) is 0 Å². The fourth-order valence-corrected chi connectivity index (χ4v) is 5.53. The third-order valence-corrected chi connectivity index (χ3v) is 6.61. The molecule has 94 valence electrons. The van der Waals surface area contributed by atoms with Crippen LogP contribution in [0, 0.1) is 0 Å². The molecule has 3 nitrogen and oxygen atoms in total. The van der Waals surface area contributed by atoms with Crippen LogP contribution in [0.3, 0.4) is 0 Å². The van der Waals surface area contributed by atoms with Gasteiger partial charge in [-0.1, -0.05) is 19.3 Å². The maximum Gasteiger partial charge on any atom is 0.217 e. The normalized spacial score (nSPS) is 29.7. The highest BCUT2D eigenvalue weighted by Crippen LogP contribution is 2.31. The largest absolute Gasteiger partial charge is 0.217 e. The van der Waals surface area contributed by atoms with E-state index in [1.54, 1.807) is 4.31 Å². The van der Waals surface area contributed by atoms with E-state index in [1.165, 1.54) is 0 Å². The Hall–Kier alpha value is 0.200. The van der Waals surface area contributed by atoms with Gasteiger partial charge in [0, 0.05) is 18.5 Å². The van der Waals surface area contributed by atoms with Gasteiger partial charge in [-0.2, -0.15) is 4.31 Å². The molecule has 1 heterocycles. The lowest BCUT2D eigenvalue weighted by atomic mass is 10.1. The molecule has 1 aliphatic carbocycles. The molecule has 5 heteroatoms. The maximum absolute atomic E-state index is 12.4. The molecule has 16 heavy (non-hydrogen) atoms. The van der Waals surface area contributed by atoms with Crippen LogP contribution in [0.1, 0.15) is 44.9 Å². The smallest absolute Gasteiger partial charge is 0.212 e. The quantitative estimate of drug-likeness (QED) is 0.735. The Balaban J connectivity index is 2.13. The van der Waals surface area contributed by atoms with Crippen molar-refractivity contribution in [2.24, 2.45) is 0 Å². The minimum Gasteiger partial charge on any atom is -0.212 e. The molecule has 1 aliphatic heterocycles. The molecular formula is C11H20ClNO2S. The van der Waals surface area contributed by atoms with Crippen molar-refractivity contribution >= 4 is 21.6 Å². The molecule has 1 atom stereocenters. The summed E-state index contributed by atoms with van der Waals surface area (Å²) in [6, 6.07) is 0.0426. The fraction of sp³-hybridized carbons (Fsp3) is 1.00. The van der Waals surface area contributed by atoms with E-state index in [4.69, 9.17) is 11.6 Å². The average molecular weight is 266 g/mol. The minimum atomic E-state index is -3.07. The van der Waals surface area contributed by atoms with E-state index in [0.29, 0.717) is 12.4 Å². The zero-order chi connectivity index (χ0) is 11.6. The number of alkyl halides is 1. The second-order valence-electron chi connectivity index (χ2n) is 4.87. The topological polar surface area (TPSA) is 37.4 Å². The minimum absolute atomic E-state index is 0.0426. The van der Waals surface area contributed by atoms with Crippen LogP contribution < -0.4 is 0 Å². The third kappa shape index (κ3) is 2.39. The summed E-state index contributed by atoms with van der Waals surface area (Å²) in [5.41, 5.74) is 0. The first-order valence-corrected chi connectivity index (χ1v) is 8.26. The molecule has 0 N–H and O–H groups in total. The van der Waals surface area contributed by atoms with E-state index in [2.05, 4.69) is 0 Å². The van der Waals surface area contributed by atoms with Gasteiger partial charge in [0.05, 0.1) is 5.25 Å². The lowest BCUT2D eigenvalue weighted by molar-refractivity contribution is 0.268. The van der Waals surface area contributed by atoms with Crippen molar-refractivity contribution in [3.05, 3.63) is 0 Å². The van der Waals surface area contributed by atoms with Crippen LogP contribution in [0.25, 0.3) is 0 Å². The molecule has 0 spiro atoms. The lowest BCUT2D eigenvalue weighted by Gasteiger charge is -2.35. The highest BCUT2D eigenvalue weighted by molar-refractivity contribution is 7.89. The average Bonchev–Trinajstić information content (AvgIpc) is 2.83.